The monoisotopic (exact) mass is 196 g/mol. The van der Waals surface area contributed by atoms with Gasteiger partial charge in [0, 0.05) is 26.2 Å². The van der Waals surface area contributed by atoms with Crippen molar-refractivity contribution in [1.82, 2.24) is 9.80 Å². The Kier molecular flexibility index (Phi) is 2.46. The number of rotatable bonds is 0. The zero-order chi connectivity index (χ0) is 10.1. The standard InChI is InChI=1S/C10H16N2O2/c1-11-5-8-3-4-12(10(13)14-2)7-9(8)6-11/h3-7H2,1-2H3. The number of amides is 1. The van der Waals surface area contributed by atoms with Gasteiger partial charge in [-0.2, -0.15) is 0 Å². The number of hydrogen-bond donors (Lipinski definition) is 0. The molecule has 2 aliphatic heterocycles. The van der Waals surface area contributed by atoms with Crippen LogP contribution in [-0.2, 0) is 4.74 Å². The van der Waals surface area contributed by atoms with Crippen molar-refractivity contribution in [2.24, 2.45) is 0 Å². The first kappa shape index (κ1) is 9.52. The van der Waals surface area contributed by atoms with E-state index in [0.29, 0.717) is 0 Å². The molecule has 0 bridgehead atoms. The minimum absolute atomic E-state index is 0.203. The Morgan fingerprint density at radius 3 is 2.71 bits per heavy atom. The Morgan fingerprint density at radius 2 is 2.00 bits per heavy atom. The lowest BCUT2D eigenvalue weighted by Crippen LogP contribution is -2.36. The molecule has 0 N–H and O–H groups in total. The lowest BCUT2D eigenvalue weighted by molar-refractivity contribution is 0.125. The van der Waals surface area contributed by atoms with Gasteiger partial charge >= 0.3 is 6.09 Å². The van der Waals surface area contributed by atoms with Crippen LogP contribution in [0.25, 0.3) is 0 Å². The minimum Gasteiger partial charge on any atom is -0.453 e. The highest BCUT2D eigenvalue weighted by Gasteiger charge is 2.27. The molecular formula is C10H16N2O2. The number of likely N-dealkylation sites (N-methyl/N-ethyl adjacent to an activating group) is 1. The molecule has 0 aromatic rings. The third kappa shape index (κ3) is 1.62. The number of carbonyl (C=O) groups excluding carboxylic acids is 1. The van der Waals surface area contributed by atoms with Gasteiger partial charge < -0.3 is 9.64 Å². The average Bonchev–Trinajstić information content (AvgIpc) is 2.55. The average molecular weight is 196 g/mol. The smallest absolute Gasteiger partial charge is 0.409 e. The third-order valence-electron chi connectivity index (χ3n) is 2.92. The summed E-state index contributed by atoms with van der Waals surface area (Å²) in [4.78, 5) is 15.4. The van der Waals surface area contributed by atoms with Crippen molar-refractivity contribution >= 4 is 6.09 Å². The van der Waals surface area contributed by atoms with Gasteiger partial charge in [0.2, 0.25) is 0 Å². The Bertz CT molecular complexity index is 286. The van der Waals surface area contributed by atoms with Gasteiger partial charge in [-0.05, 0) is 19.0 Å². The van der Waals surface area contributed by atoms with Crippen molar-refractivity contribution in [2.45, 2.75) is 6.42 Å². The molecule has 0 radical (unpaired) electrons. The van der Waals surface area contributed by atoms with Crippen molar-refractivity contribution in [1.29, 1.82) is 0 Å². The first-order valence-corrected chi connectivity index (χ1v) is 4.92. The van der Waals surface area contributed by atoms with E-state index in [9.17, 15) is 4.79 Å². The summed E-state index contributed by atoms with van der Waals surface area (Å²) in [5.74, 6) is 0. The van der Waals surface area contributed by atoms with Gasteiger partial charge in [-0.3, -0.25) is 4.90 Å². The maximum absolute atomic E-state index is 11.3. The van der Waals surface area contributed by atoms with Gasteiger partial charge in [0.05, 0.1) is 7.11 Å². The number of nitrogens with zero attached hydrogens (tertiary/aromatic N) is 2. The maximum Gasteiger partial charge on any atom is 0.409 e. The normalized spacial score (nSPS) is 22.6. The van der Waals surface area contributed by atoms with Crippen LogP contribution in [0.2, 0.25) is 0 Å². The van der Waals surface area contributed by atoms with Crippen LogP contribution in [0.3, 0.4) is 0 Å². The van der Waals surface area contributed by atoms with Crippen molar-refractivity contribution < 1.29 is 9.53 Å². The molecule has 4 heteroatoms. The van der Waals surface area contributed by atoms with Crippen LogP contribution in [0, 0.1) is 0 Å². The van der Waals surface area contributed by atoms with Crippen LogP contribution in [0.15, 0.2) is 11.1 Å². The van der Waals surface area contributed by atoms with Crippen LogP contribution in [0.4, 0.5) is 4.79 Å². The van der Waals surface area contributed by atoms with Crippen LogP contribution < -0.4 is 0 Å². The molecule has 2 heterocycles. The van der Waals surface area contributed by atoms with Crippen molar-refractivity contribution in [2.75, 3.05) is 40.3 Å². The number of hydrogen-bond acceptors (Lipinski definition) is 3. The highest BCUT2D eigenvalue weighted by molar-refractivity contribution is 5.68. The van der Waals surface area contributed by atoms with E-state index in [2.05, 4.69) is 11.9 Å². The van der Waals surface area contributed by atoms with Gasteiger partial charge in [-0.25, -0.2) is 4.79 Å². The summed E-state index contributed by atoms with van der Waals surface area (Å²) >= 11 is 0. The summed E-state index contributed by atoms with van der Waals surface area (Å²) in [6.07, 6.45) is 0.806. The lowest BCUT2D eigenvalue weighted by Gasteiger charge is -2.26. The number of methoxy groups -OCH3 is 1. The second-order valence-corrected chi connectivity index (χ2v) is 4.02. The highest BCUT2D eigenvalue weighted by atomic mass is 16.5. The molecule has 1 amide bonds. The van der Waals surface area contributed by atoms with E-state index in [-0.39, 0.29) is 6.09 Å². The molecule has 2 aliphatic rings. The summed E-state index contributed by atoms with van der Waals surface area (Å²) in [7, 11) is 3.55. The largest absolute Gasteiger partial charge is 0.453 e. The molecule has 0 spiro atoms. The summed E-state index contributed by atoms with van der Waals surface area (Å²) in [6.45, 7) is 3.64. The van der Waals surface area contributed by atoms with Gasteiger partial charge in [0.15, 0.2) is 0 Å². The van der Waals surface area contributed by atoms with E-state index < -0.39 is 0 Å². The molecule has 0 atom stereocenters. The first-order valence-electron chi connectivity index (χ1n) is 4.92. The number of ether oxygens (including phenoxy) is 1. The quantitative estimate of drug-likeness (QED) is 0.535. The summed E-state index contributed by atoms with van der Waals surface area (Å²) in [5.41, 5.74) is 2.93. The van der Waals surface area contributed by atoms with E-state index in [1.807, 2.05) is 0 Å². The van der Waals surface area contributed by atoms with Crippen molar-refractivity contribution in [3.05, 3.63) is 11.1 Å². The molecule has 0 unspecified atom stereocenters. The fourth-order valence-electron chi connectivity index (χ4n) is 2.21. The van der Waals surface area contributed by atoms with Crippen LogP contribution in [0.1, 0.15) is 6.42 Å². The van der Waals surface area contributed by atoms with Crippen LogP contribution in [-0.4, -0.2) is 56.2 Å². The SMILES string of the molecule is COC(=O)N1CCC2=C(CN(C)C2)C1. The first-order chi connectivity index (χ1) is 6.70. The summed E-state index contributed by atoms with van der Waals surface area (Å²) in [5, 5.41) is 0. The fraction of sp³-hybridized carbons (Fsp3) is 0.700. The van der Waals surface area contributed by atoms with Crippen molar-refractivity contribution in [3.8, 4) is 0 Å². The molecule has 0 aromatic carbocycles. The van der Waals surface area contributed by atoms with Crippen LogP contribution in [0.5, 0.6) is 0 Å². The van der Waals surface area contributed by atoms with Crippen molar-refractivity contribution in [3.63, 3.8) is 0 Å². The Morgan fingerprint density at radius 1 is 1.29 bits per heavy atom. The Hall–Kier alpha value is -1.03. The topological polar surface area (TPSA) is 32.8 Å². The van der Waals surface area contributed by atoms with E-state index in [1.165, 1.54) is 18.3 Å². The van der Waals surface area contributed by atoms with E-state index in [4.69, 9.17) is 4.74 Å². The molecule has 0 saturated heterocycles. The molecule has 4 nitrogen and oxygen atoms in total. The molecule has 0 aromatic heterocycles. The van der Waals surface area contributed by atoms with E-state index in [1.54, 1.807) is 4.90 Å². The molecule has 2 rings (SSSR count). The molecule has 78 valence electrons. The van der Waals surface area contributed by atoms with E-state index in [0.717, 1.165) is 32.6 Å². The minimum atomic E-state index is -0.203. The molecule has 0 fully saturated rings. The van der Waals surface area contributed by atoms with Gasteiger partial charge in [-0.1, -0.05) is 5.57 Å². The second-order valence-electron chi connectivity index (χ2n) is 4.02. The molecule has 0 aliphatic carbocycles. The highest BCUT2D eigenvalue weighted by Crippen LogP contribution is 2.24. The Labute approximate surface area is 84.1 Å². The van der Waals surface area contributed by atoms with Gasteiger partial charge in [0.25, 0.3) is 0 Å². The maximum atomic E-state index is 11.3. The Balaban J connectivity index is 2.03. The molecule has 0 saturated carbocycles. The van der Waals surface area contributed by atoms with Gasteiger partial charge in [-0.15, -0.1) is 0 Å². The van der Waals surface area contributed by atoms with E-state index >= 15 is 0 Å². The molecular weight excluding hydrogens is 180 g/mol. The number of carbonyl (C=O) groups is 1. The third-order valence-corrected chi connectivity index (χ3v) is 2.92. The fourth-order valence-corrected chi connectivity index (χ4v) is 2.21. The van der Waals surface area contributed by atoms with Crippen LogP contribution >= 0.6 is 0 Å². The molecule has 14 heavy (non-hydrogen) atoms. The predicted molar refractivity (Wildman–Crippen MR) is 53.1 cm³/mol. The zero-order valence-corrected chi connectivity index (χ0v) is 8.75. The summed E-state index contributed by atoms with van der Waals surface area (Å²) < 4.78 is 4.72. The zero-order valence-electron chi connectivity index (χ0n) is 8.75. The van der Waals surface area contributed by atoms with Gasteiger partial charge in [0.1, 0.15) is 0 Å². The predicted octanol–water partition coefficient (Wildman–Crippen LogP) is 0.701. The lowest BCUT2D eigenvalue weighted by atomic mass is 10.0. The summed E-state index contributed by atoms with van der Waals surface area (Å²) in [6, 6.07) is 0. The second kappa shape index (κ2) is 3.61.